The molecule has 4 heteroatoms. The second-order valence-electron chi connectivity index (χ2n) is 3.43. The molecule has 0 saturated carbocycles. The molecular formula is C11H12FN3. The lowest BCUT2D eigenvalue weighted by Crippen LogP contribution is -1.97. The van der Waals surface area contributed by atoms with Crippen LogP contribution in [0.15, 0.2) is 30.7 Å². The lowest BCUT2D eigenvalue weighted by molar-refractivity contribution is 0.617. The van der Waals surface area contributed by atoms with Gasteiger partial charge in [0.1, 0.15) is 5.82 Å². The Morgan fingerprint density at radius 3 is 2.87 bits per heavy atom. The minimum atomic E-state index is -0.254. The van der Waals surface area contributed by atoms with E-state index in [0.717, 1.165) is 11.3 Å². The zero-order valence-corrected chi connectivity index (χ0v) is 8.44. The highest BCUT2D eigenvalue weighted by molar-refractivity contribution is 5.36. The predicted octanol–water partition coefficient (Wildman–Crippen LogP) is 1.78. The van der Waals surface area contributed by atoms with Crippen LogP contribution in [0.25, 0.3) is 5.69 Å². The van der Waals surface area contributed by atoms with E-state index in [9.17, 15) is 4.39 Å². The van der Waals surface area contributed by atoms with Gasteiger partial charge in [-0.3, -0.25) is 0 Å². The summed E-state index contributed by atoms with van der Waals surface area (Å²) in [5, 5.41) is 0. The molecule has 2 aromatic rings. The third-order valence-electron chi connectivity index (χ3n) is 2.23. The first kappa shape index (κ1) is 9.86. The summed E-state index contributed by atoms with van der Waals surface area (Å²) in [5.41, 5.74) is 7.57. The van der Waals surface area contributed by atoms with Crippen LogP contribution in [0.2, 0.25) is 0 Å². The van der Waals surface area contributed by atoms with Crippen LogP contribution < -0.4 is 5.73 Å². The monoisotopic (exact) mass is 205 g/mol. The van der Waals surface area contributed by atoms with E-state index in [4.69, 9.17) is 5.73 Å². The van der Waals surface area contributed by atoms with Crippen LogP contribution in [-0.2, 0) is 6.54 Å². The van der Waals surface area contributed by atoms with Crippen LogP contribution in [0.1, 0.15) is 11.3 Å². The molecule has 1 heterocycles. The molecule has 3 nitrogen and oxygen atoms in total. The Morgan fingerprint density at radius 1 is 1.47 bits per heavy atom. The Morgan fingerprint density at radius 2 is 2.27 bits per heavy atom. The first-order chi connectivity index (χ1) is 7.20. The maximum atomic E-state index is 13.6. The lowest BCUT2D eigenvalue weighted by atomic mass is 10.2. The third-order valence-corrected chi connectivity index (χ3v) is 2.23. The van der Waals surface area contributed by atoms with Crippen molar-refractivity contribution in [2.45, 2.75) is 13.5 Å². The minimum Gasteiger partial charge on any atom is -0.325 e. The number of nitrogens with zero attached hydrogens (tertiary/aromatic N) is 2. The number of aryl methyl sites for hydroxylation is 1. The van der Waals surface area contributed by atoms with Crippen LogP contribution in [-0.4, -0.2) is 9.55 Å². The van der Waals surface area contributed by atoms with Crippen LogP contribution in [0, 0.1) is 12.7 Å². The summed E-state index contributed by atoms with van der Waals surface area (Å²) in [4.78, 5) is 4.05. The summed E-state index contributed by atoms with van der Waals surface area (Å²) in [7, 11) is 0. The molecular weight excluding hydrogens is 193 g/mol. The van der Waals surface area contributed by atoms with E-state index in [2.05, 4.69) is 4.98 Å². The van der Waals surface area contributed by atoms with E-state index in [0.29, 0.717) is 12.2 Å². The summed E-state index contributed by atoms with van der Waals surface area (Å²) in [6.45, 7) is 2.21. The van der Waals surface area contributed by atoms with Gasteiger partial charge < -0.3 is 10.3 Å². The number of imidazole rings is 1. The highest BCUT2D eigenvalue weighted by Crippen LogP contribution is 2.15. The Kier molecular flexibility index (Phi) is 2.51. The Hall–Kier alpha value is -1.68. The summed E-state index contributed by atoms with van der Waals surface area (Å²) >= 11 is 0. The highest BCUT2D eigenvalue weighted by atomic mass is 19.1. The quantitative estimate of drug-likeness (QED) is 0.812. The number of aromatic nitrogens is 2. The van der Waals surface area contributed by atoms with Crippen LogP contribution in [0.3, 0.4) is 0 Å². The lowest BCUT2D eigenvalue weighted by Gasteiger charge is -2.03. The zero-order valence-electron chi connectivity index (χ0n) is 8.44. The first-order valence-electron chi connectivity index (χ1n) is 4.70. The molecule has 0 unspecified atom stereocenters. The van der Waals surface area contributed by atoms with Crippen LogP contribution >= 0.6 is 0 Å². The predicted molar refractivity (Wildman–Crippen MR) is 56.2 cm³/mol. The van der Waals surface area contributed by atoms with Gasteiger partial charge in [0.25, 0.3) is 0 Å². The summed E-state index contributed by atoms with van der Waals surface area (Å²) in [6, 6.07) is 5.09. The average Bonchev–Trinajstić information content (AvgIpc) is 2.66. The summed E-state index contributed by atoms with van der Waals surface area (Å²) in [5.74, 6) is -0.254. The van der Waals surface area contributed by atoms with Crippen molar-refractivity contribution in [1.29, 1.82) is 0 Å². The van der Waals surface area contributed by atoms with Gasteiger partial charge in [0.15, 0.2) is 0 Å². The molecule has 0 amide bonds. The van der Waals surface area contributed by atoms with E-state index in [1.165, 1.54) is 6.07 Å². The Balaban J connectivity index is 2.44. The van der Waals surface area contributed by atoms with Gasteiger partial charge in [-0.2, -0.15) is 0 Å². The molecule has 0 fully saturated rings. The minimum absolute atomic E-state index is 0.254. The maximum Gasteiger partial charge on any atom is 0.147 e. The standard InChI is InChI=1S/C11H12FN3/c1-8-2-3-11(10(12)4-8)15-6-9(5-13)14-7-15/h2-4,6-7H,5,13H2,1H3. The van der Waals surface area contributed by atoms with E-state index in [1.54, 1.807) is 23.2 Å². The molecule has 0 aliphatic heterocycles. The molecule has 0 aliphatic rings. The molecule has 0 spiro atoms. The number of halogens is 1. The van der Waals surface area contributed by atoms with Gasteiger partial charge in [-0.15, -0.1) is 0 Å². The smallest absolute Gasteiger partial charge is 0.147 e. The van der Waals surface area contributed by atoms with Crippen molar-refractivity contribution in [3.8, 4) is 5.69 Å². The molecule has 1 aromatic carbocycles. The van der Waals surface area contributed by atoms with Gasteiger partial charge >= 0.3 is 0 Å². The normalized spacial score (nSPS) is 10.6. The number of nitrogens with two attached hydrogens (primary N) is 1. The summed E-state index contributed by atoms with van der Waals surface area (Å²) in [6.07, 6.45) is 3.30. The molecule has 2 N–H and O–H groups in total. The number of hydrogen-bond donors (Lipinski definition) is 1. The molecule has 15 heavy (non-hydrogen) atoms. The molecule has 2 rings (SSSR count). The van der Waals surface area contributed by atoms with Gasteiger partial charge in [-0.25, -0.2) is 9.37 Å². The molecule has 0 bridgehead atoms. The van der Waals surface area contributed by atoms with Crippen LogP contribution in [0.4, 0.5) is 4.39 Å². The fourth-order valence-electron chi connectivity index (χ4n) is 1.42. The van der Waals surface area contributed by atoms with Gasteiger partial charge in [0, 0.05) is 12.7 Å². The SMILES string of the molecule is Cc1ccc(-n2cnc(CN)c2)c(F)c1. The number of rotatable bonds is 2. The van der Waals surface area contributed by atoms with Crippen molar-refractivity contribution in [2.75, 3.05) is 0 Å². The van der Waals surface area contributed by atoms with Crippen molar-refractivity contribution >= 4 is 0 Å². The van der Waals surface area contributed by atoms with Crippen molar-refractivity contribution < 1.29 is 4.39 Å². The van der Waals surface area contributed by atoms with Crippen molar-refractivity contribution in [3.05, 3.63) is 47.8 Å². The van der Waals surface area contributed by atoms with E-state index in [1.807, 2.05) is 13.0 Å². The van der Waals surface area contributed by atoms with Gasteiger partial charge in [-0.1, -0.05) is 6.07 Å². The second kappa shape index (κ2) is 3.82. The Bertz CT molecular complexity index is 476. The summed E-state index contributed by atoms with van der Waals surface area (Å²) < 4.78 is 15.2. The average molecular weight is 205 g/mol. The molecule has 0 saturated heterocycles. The fraction of sp³-hybridized carbons (Fsp3) is 0.182. The number of benzene rings is 1. The van der Waals surface area contributed by atoms with Gasteiger partial charge in [-0.05, 0) is 24.6 Å². The zero-order chi connectivity index (χ0) is 10.8. The van der Waals surface area contributed by atoms with Gasteiger partial charge in [0.2, 0.25) is 0 Å². The highest BCUT2D eigenvalue weighted by Gasteiger charge is 2.05. The van der Waals surface area contributed by atoms with Gasteiger partial charge in [0.05, 0.1) is 17.7 Å². The Labute approximate surface area is 87.4 Å². The molecule has 0 radical (unpaired) electrons. The third kappa shape index (κ3) is 1.89. The molecule has 0 atom stereocenters. The molecule has 1 aromatic heterocycles. The molecule has 0 aliphatic carbocycles. The van der Waals surface area contributed by atoms with Crippen molar-refractivity contribution in [2.24, 2.45) is 5.73 Å². The van der Waals surface area contributed by atoms with E-state index in [-0.39, 0.29) is 5.82 Å². The van der Waals surface area contributed by atoms with Crippen LogP contribution in [0.5, 0.6) is 0 Å². The second-order valence-corrected chi connectivity index (χ2v) is 3.43. The van der Waals surface area contributed by atoms with Crippen molar-refractivity contribution in [3.63, 3.8) is 0 Å². The molecule has 78 valence electrons. The number of hydrogen-bond acceptors (Lipinski definition) is 2. The van der Waals surface area contributed by atoms with E-state index < -0.39 is 0 Å². The topological polar surface area (TPSA) is 43.8 Å². The van der Waals surface area contributed by atoms with Crippen molar-refractivity contribution in [1.82, 2.24) is 9.55 Å². The first-order valence-corrected chi connectivity index (χ1v) is 4.70. The van der Waals surface area contributed by atoms with E-state index >= 15 is 0 Å². The fourth-order valence-corrected chi connectivity index (χ4v) is 1.42. The maximum absolute atomic E-state index is 13.6. The largest absolute Gasteiger partial charge is 0.325 e.